The first-order valence-corrected chi connectivity index (χ1v) is 6.74. The first-order chi connectivity index (χ1) is 8.66. The van der Waals surface area contributed by atoms with Gasteiger partial charge in [-0.3, -0.25) is 9.59 Å². The maximum atomic E-state index is 12.1. The SMILES string of the molecule is CN(CCC(=O)O)S(=O)(=O)c1cc(C(N)=O)n(C)c1. The number of aromatic nitrogens is 1. The van der Waals surface area contributed by atoms with E-state index in [0.717, 1.165) is 10.4 Å². The van der Waals surface area contributed by atoms with Crippen LogP contribution in [0.15, 0.2) is 17.2 Å². The number of nitrogens with zero attached hydrogens (tertiary/aromatic N) is 2. The van der Waals surface area contributed by atoms with Gasteiger partial charge in [0, 0.05) is 26.8 Å². The lowest BCUT2D eigenvalue weighted by Gasteiger charge is -2.14. The monoisotopic (exact) mass is 289 g/mol. The van der Waals surface area contributed by atoms with E-state index in [0.29, 0.717) is 0 Å². The number of amides is 1. The molecule has 0 radical (unpaired) electrons. The molecular weight excluding hydrogens is 274 g/mol. The van der Waals surface area contributed by atoms with Gasteiger partial charge in [0.1, 0.15) is 10.6 Å². The van der Waals surface area contributed by atoms with E-state index in [9.17, 15) is 18.0 Å². The van der Waals surface area contributed by atoms with Crippen LogP contribution in [0.25, 0.3) is 0 Å². The standard InChI is InChI=1S/C10H15N3O5S/c1-12-6-7(5-8(12)10(11)16)19(17,18)13(2)4-3-9(14)15/h5-6H,3-4H2,1-2H3,(H2,11,16)(H,14,15). The molecule has 19 heavy (non-hydrogen) atoms. The van der Waals surface area contributed by atoms with Crippen molar-refractivity contribution in [3.63, 3.8) is 0 Å². The Hall–Kier alpha value is -1.87. The molecule has 0 aliphatic rings. The highest BCUT2D eigenvalue weighted by atomic mass is 32.2. The number of nitrogens with two attached hydrogens (primary N) is 1. The molecule has 1 heterocycles. The number of carbonyl (C=O) groups excluding carboxylic acids is 1. The highest BCUT2D eigenvalue weighted by molar-refractivity contribution is 7.89. The molecule has 0 spiro atoms. The van der Waals surface area contributed by atoms with Crippen LogP contribution in [0.3, 0.4) is 0 Å². The summed E-state index contributed by atoms with van der Waals surface area (Å²) in [5.41, 5.74) is 5.16. The molecular formula is C10H15N3O5S. The van der Waals surface area contributed by atoms with E-state index in [1.165, 1.54) is 24.9 Å². The second-order valence-electron chi connectivity index (χ2n) is 4.01. The lowest BCUT2D eigenvalue weighted by Crippen LogP contribution is -2.29. The lowest BCUT2D eigenvalue weighted by molar-refractivity contribution is -0.137. The molecule has 1 aromatic heterocycles. The van der Waals surface area contributed by atoms with Crippen molar-refractivity contribution in [2.45, 2.75) is 11.3 Å². The second-order valence-corrected chi connectivity index (χ2v) is 6.05. The zero-order valence-corrected chi connectivity index (χ0v) is 11.3. The van der Waals surface area contributed by atoms with E-state index < -0.39 is 21.9 Å². The van der Waals surface area contributed by atoms with Crippen LogP contribution in [-0.4, -0.2) is 47.9 Å². The molecule has 0 saturated carbocycles. The number of carboxylic acid groups (broad SMARTS) is 1. The third-order valence-electron chi connectivity index (χ3n) is 2.58. The van der Waals surface area contributed by atoms with Crippen molar-refractivity contribution >= 4 is 21.9 Å². The van der Waals surface area contributed by atoms with Gasteiger partial charge in [-0.25, -0.2) is 12.7 Å². The van der Waals surface area contributed by atoms with E-state index in [1.54, 1.807) is 0 Å². The van der Waals surface area contributed by atoms with Crippen molar-refractivity contribution in [2.24, 2.45) is 12.8 Å². The fourth-order valence-electron chi connectivity index (χ4n) is 1.47. The Labute approximate surface area is 110 Å². The quantitative estimate of drug-likeness (QED) is 0.711. The van der Waals surface area contributed by atoms with Crippen LogP contribution in [0.2, 0.25) is 0 Å². The Balaban J connectivity index is 3.03. The van der Waals surface area contributed by atoms with Crippen LogP contribution in [0.4, 0.5) is 0 Å². The number of rotatable bonds is 6. The predicted octanol–water partition coefficient (Wildman–Crippen LogP) is -0.781. The fourth-order valence-corrected chi connectivity index (χ4v) is 2.72. The summed E-state index contributed by atoms with van der Waals surface area (Å²) in [6.45, 7) is -0.154. The summed E-state index contributed by atoms with van der Waals surface area (Å²) in [5, 5.41) is 8.53. The normalized spacial score (nSPS) is 11.7. The van der Waals surface area contributed by atoms with Crippen molar-refractivity contribution in [3.8, 4) is 0 Å². The van der Waals surface area contributed by atoms with Gasteiger partial charge in [0.15, 0.2) is 0 Å². The molecule has 0 aromatic carbocycles. The maximum absolute atomic E-state index is 12.1. The van der Waals surface area contributed by atoms with Gasteiger partial charge in [-0.1, -0.05) is 0 Å². The number of aliphatic carboxylic acids is 1. The number of sulfonamides is 1. The number of carbonyl (C=O) groups is 2. The smallest absolute Gasteiger partial charge is 0.304 e. The molecule has 0 bridgehead atoms. The van der Waals surface area contributed by atoms with Crippen molar-refractivity contribution in [1.82, 2.24) is 8.87 Å². The largest absolute Gasteiger partial charge is 0.481 e. The van der Waals surface area contributed by atoms with Crippen molar-refractivity contribution in [3.05, 3.63) is 18.0 Å². The number of hydrogen-bond donors (Lipinski definition) is 2. The molecule has 3 N–H and O–H groups in total. The van der Waals surface area contributed by atoms with Gasteiger partial charge >= 0.3 is 5.97 Å². The third kappa shape index (κ3) is 3.32. The number of primary amides is 1. The number of carboxylic acids is 1. The van der Waals surface area contributed by atoms with Crippen LogP contribution in [0, 0.1) is 0 Å². The minimum Gasteiger partial charge on any atom is -0.481 e. The second kappa shape index (κ2) is 5.41. The van der Waals surface area contributed by atoms with Gasteiger partial charge in [0.2, 0.25) is 10.0 Å². The Morgan fingerprint density at radius 2 is 2.05 bits per heavy atom. The van der Waals surface area contributed by atoms with Crippen LogP contribution in [0.1, 0.15) is 16.9 Å². The molecule has 0 unspecified atom stereocenters. The van der Waals surface area contributed by atoms with E-state index in [-0.39, 0.29) is 23.6 Å². The van der Waals surface area contributed by atoms with Crippen LogP contribution in [0.5, 0.6) is 0 Å². The van der Waals surface area contributed by atoms with E-state index in [2.05, 4.69) is 0 Å². The topological polar surface area (TPSA) is 123 Å². The molecule has 8 nitrogen and oxygen atoms in total. The number of hydrogen-bond acceptors (Lipinski definition) is 4. The molecule has 0 aliphatic heterocycles. The summed E-state index contributed by atoms with van der Waals surface area (Å²) in [5.74, 6) is -1.83. The third-order valence-corrected chi connectivity index (χ3v) is 4.40. The highest BCUT2D eigenvalue weighted by Gasteiger charge is 2.24. The Morgan fingerprint density at radius 3 is 2.47 bits per heavy atom. The number of aryl methyl sites for hydroxylation is 1. The highest BCUT2D eigenvalue weighted by Crippen LogP contribution is 2.17. The molecule has 1 rings (SSSR count). The molecule has 0 aliphatic carbocycles. The molecule has 0 fully saturated rings. The Kier molecular flexibility index (Phi) is 4.32. The fraction of sp³-hybridized carbons (Fsp3) is 0.400. The van der Waals surface area contributed by atoms with E-state index in [4.69, 9.17) is 10.8 Å². The van der Waals surface area contributed by atoms with Gasteiger partial charge in [-0.15, -0.1) is 0 Å². The summed E-state index contributed by atoms with van der Waals surface area (Å²) in [6.07, 6.45) is 0.956. The molecule has 1 aromatic rings. The summed E-state index contributed by atoms with van der Waals surface area (Å²) < 4.78 is 26.4. The summed E-state index contributed by atoms with van der Waals surface area (Å²) in [4.78, 5) is 21.4. The van der Waals surface area contributed by atoms with E-state index in [1.807, 2.05) is 0 Å². The predicted molar refractivity (Wildman–Crippen MR) is 66.0 cm³/mol. The zero-order valence-electron chi connectivity index (χ0n) is 10.5. The summed E-state index contributed by atoms with van der Waals surface area (Å²) in [6, 6.07) is 1.16. The maximum Gasteiger partial charge on any atom is 0.304 e. The van der Waals surface area contributed by atoms with Crippen LogP contribution in [-0.2, 0) is 21.9 Å². The van der Waals surface area contributed by atoms with Crippen molar-refractivity contribution in [1.29, 1.82) is 0 Å². The summed E-state index contributed by atoms with van der Waals surface area (Å²) in [7, 11) is -1.06. The molecule has 0 atom stereocenters. The van der Waals surface area contributed by atoms with Gasteiger partial charge in [0.25, 0.3) is 5.91 Å². The average molecular weight is 289 g/mol. The molecule has 106 valence electrons. The molecule has 1 amide bonds. The Bertz CT molecular complexity index is 605. The van der Waals surface area contributed by atoms with Gasteiger partial charge in [-0.2, -0.15) is 0 Å². The molecule has 0 saturated heterocycles. The van der Waals surface area contributed by atoms with Crippen LogP contribution >= 0.6 is 0 Å². The first-order valence-electron chi connectivity index (χ1n) is 5.30. The molecule has 9 heteroatoms. The average Bonchev–Trinajstić information content (AvgIpc) is 2.68. The minimum absolute atomic E-state index is 0.0604. The first kappa shape index (κ1) is 15.2. The van der Waals surface area contributed by atoms with Crippen molar-refractivity contribution in [2.75, 3.05) is 13.6 Å². The van der Waals surface area contributed by atoms with E-state index >= 15 is 0 Å². The Morgan fingerprint density at radius 1 is 1.47 bits per heavy atom. The van der Waals surface area contributed by atoms with Crippen LogP contribution < -0.4 is 5.73 Å². The lowest BCUT2D eigenvalue weighted by atomic mass is 10.4. The van der Waals surface area contributed by atoms with Crippen molar-refractivity contribution < 1.29 is 23.1 Å². The zero-order chi connectivity index (χ0) is 14.8. The van der Waals surface area contributed by atoms with Gasteiger partial charge in [-0.05, 0) is 6.07 Å². The van der Waals surface area contributed by atoms with Gasteiger partial charge in [0.05, 0.1) is 6.42 Å². The summed E-state index contributed by atoms with van der Waals surface area (Å²) >= 11 is 0. The van der Waals surface area contributed by atoms with Gasteiger partial charge < -0.3 is 15.4 Å². The minimum atomic E-state index is -3.83.